The molecule has 0 fully saturated rings. The summed E-state index contributed by atoms with van der Waals surface area (Å²) in [7, 11) is 0. The molecule has 80 valence electrons. The molecule has 0 aliphatic rings. The first-order chi connectivity index (χ1) is 6.25. The van der Waals surface area contributed by atoms with Gasteiger partial charge in [0.15, 0.2) is 0 Å². The summed E-state index contributed by atoms with van der Waals surface area (Å²) in [6, 6.07) is 8.61. The molecule has 0 saturated heterocycles. The third kappa shape index (κ3) is 3.69. The second-order valence-corrected chi connectivity index (χ2v) is 3.61. The number of aryl methyl sites for hydroxylation is 1. The van der Waals surface area contributed by atoms with Crippen LogP contribution in [-0.4, -0.2) is 0 Å². The first kappa shape index (κ1) is 13.5. The van der Waals surface area contributed by atoms with Gasteiger partial charge in [-0.1, -0.05) is 44.0 Å². The standard InChI is InChI=1S/C12H19N.ClH/c1-3-4-9-12(13)11-8-6-5-7-10(11)2;/h5-8,12H,3-4,9,13H2,1-2H3;1H. The van der Waals surface area contributed by atoms with Crippen LogP contribution in [0.4, 0.5) is 0 Å². The average Bonchev–Trinajstić information content (AvgIpc) is 2.15. The fourth-order valence-electron chi connectivity index (χ4n) is 1.58. The number of rotatable bonds is 4. The minimum absolute atomic E-state index is 0. The van der Waals surface area contributed by atoms with E-state index in [-0.39, 0.29) is 18.4 Å². The molecule has 0 bridgehead atoms. The maximum atomic E-state index is 6.08. The van der Waals surface area contributed by atoms with E-state index < -0.39 is 0 Å². The predicted octanol–water partition coefficient (Wildman–Crippen LogP) is 3.61. The van der Waals surface area contributed by atoms with E-state index in [1.165, 1.54) is 24.0 Å². The van der Waals surface area contributed by atoms with Crippen LogP contribution in [0.1, 0.15) is 43.4 Å². The van der Waals surface area contributed by atoms with Crippen molar-refractivity contribution in [1.29, 1.82) is 0 Å². The van der Waals surface area contributed by atoms with Crippen molar-refractivity contribution in [3.05, 3.63) is 35.4 Å². The number of benzene rings is 1. The topological polar surface area (TPSA) is 26.0 Å². The lowest BCUT2D eigenvalue weighted by molar-refractivity contribution is 0.601. The first-order valence-electron chi connectivity index (χ1n) is 5.06. The quantitative estimate of drug-likeness (QED) is 0.813. The second kappa shape index (κ2) is 6.86. The average molecular weight is 214 g/mol. The molecule has 0 radical (unpaired) electrons. The van der Waals surface area contributed by atoms with Crippen molar-refractivity contribution >= 4 is 12.4 Å². The van der Waals surface area contributed by atoms with Crippen molar-refractivity contribution in [1.82, 2.24) is 0 Å². The Morgan fingerprint density at radius 3 is 2.50 bits per heavy atom. The van der Waals surface area contributed by atoms with Gasteiger partial charge in [0.25, 0.3) is 0 Å². The van der Waals surface area contributed by atoms with Gasteiger partial charge in [-0.2, -0.15) is 0 Å². The van der Waals surface area contributed by atoms with Crippen LogP contribution in [0.5, 0.6) is 0 Å². The third-order valence-corrected chi connectivity index (χ3v) is 2.46. The van der Waals surface area contributed by atoms with Gasteiger partial charge in [-0.15, -0.1) is 12.4 Å². The predicted molar refractivity (Wildman–Crippen MR) is 64.9 cm³/mol. The van der Waals surface area contributed by atoms with E-state index in [0.29, 0.717) is 0 Å². The molecule has 0 aliphatic carbocycles. The van der Waals surface area contributed by atoms with Crippen molar-refractivity contribution in [2.45, 2.75) is 39.2 Å². The fraction of sp³-hybridized carbons (Fsp3) is 0.500. The van der Waals surface area contributed by atoms with Crippen molar-refractivity contribution in [2.75, 3.05) is 0 Å². The van der Waals surface area contributed by atoms with Crippen molar-refractivity contribution in [2.24, 2.45) is 5.73 Å². The number of halogens is 1. The van der Waals surface area contributed by atoms with Crippen LogP contribution in [0.15, 0.2) is 24.3 Å². The summed E-state index contributed by atoms with van der Waals surface area (Å²) in [5.74, 6) is 0. The number of hydrogen-bond donors (Lipinski definition) is 1. The Morgan fingerprint density at radius 1 is 1.29 bits per heavy atom. The fourth-order valence-corrected chi connectivity index (χ4v) is 1.58. The van der Waals surface area contributed by atoms with E-state index in [4.69, 9.17) is 5.73 Å². The monoisotopic (exact) mass is 213 g/mol. The summed E-state index contributed by atoms with van der Waals surface area (Å²) in [6.07, 6.45) is 3.54. The molecule has 2 N–H and O–H groups in total. The lowest BCUT2D eigenvalue weighted by Gasteiger charge is -2.13. The van der Waals surface area contributed by atoms with E-state index in [9.17, 15) is 0 Å². The zero-order chi connectivity index (χ0) is 9.68. The molecular formula is C12H20ClN. The maximum absolute atomic E-state index is 6.08. The minimum atomic E-state index is 0. The van der Waals surface area contributed by atoms with Crippen LogP contribution >= 0.6 is 12.4 Å². The lowest BCUT2D eigenvalue weighted by Crippen LogP contribution is -2.11. The minimum Gasteiger partial charge on any atom is -0.324 e. The second-order valence-electron chi connectivity index (χ2n) is 3.61. The highest BCUT2D eigenvalue weighted by Crippen LogP contribution is 2.19. The summed E-state index contributed by atoms with van der Waals surface area (Å²) in [4.78, 5) is 0. The Kier molecular flexibility index (Phi) is 6.60. The van der Waals surface area contributed by atoms with E-state index in [1.54, 1.807) is 0 Å². The summed E-state index contributed by atoms with van der Waals surface area (Å²) < 4.78 is 0. The molecule has 1 aromatic rings. The van der Waals surface area contributed by atoms with Gasteiger partial charge in [0.2, 0.25) is 0 Å². The maximum Gasteiger partial charge on any atom is 0.0297 e. The lowest BCUT2D eigenvalue weighted by atomic mass is 9.98. The highest BCUT2D eigenvalue weighted by atomic mass is 35.5. The van der Waals surface area contributed by atoms with Gasteiger partial charge in [-0.25, -0.2) is 0 Å². The third-order valence-electron chi connectivity index (χ3n) is 2.46. The Hall–Kier alpha value is -0.530. The zero-order valence-corrected chi connectivity index (χ0v) is 9.81. The Bertz CT molecular complexity index is 260. The molecule has 2 heteroatoms. The van der Waals surface area contributed by atoms with Crippen LogP contribution in [0.25, 0.3) is 0 Å². The van der Waals surface area contributed by atoms with Crippen molar-refractivity contribution in [3.8, 4) is 0 Å². The van der Waals surface area contributed by atoms with Crippen LogP contribution in [-0.2, 0) is 0 Å². The normalized spacial score (nSPS) is 11.9. The molecule has 1 rings (SSSR count). The summed E-state index contributed by atoms with van der Waals surface area (Å²) in [6.45, 7) is 4.33. The zero-order valence-electron chi connectivity index (χ0n) is 8.99. The molecule has 1 unspecified atom stereocenters. The molecular weight excluding hydrogens is 194 g/mol. The molecule has 1 aromatic carbocycles. The Morgan fingerprint density at radius 2 is 1.93 bits per heavy atom. The Labute approximate surface area is 93.1 Å². The van der Waals surface area contributed by atoms with Gasteiger partial charge in [0, 0.05) is 6.04 Å². The summed E-state index contributed by atoms with van der Waals surface area (Å²) in [5, 5.41) is 0. The molecule has 0 amide bonds. The van der Waals surface area contributed by atoms with Crippen molar-refractivity contribution < 1.29 is 0 Å². The number of unbranched alkanes of at least 4 members (excludes halogenated alkanes) is 1. The van der Waals surface area contributed by atoms with E-state index in [1.807, 2.05) is 0 Å². The molecule has 0 spiro atoms. The first-order valence-corrected chi connectivity index (χ1v) is 5.06. The summed E-state index contributed by atoms with van der Waals surface area (Å²) >= 11 is 0. The van der Waals surface area contributed by atoms with Crippen LogP contribution < -0.4 is 5.73 Å². The largest absolute Gasteiger partial charge is 0.324 e. The number of hydrogen-bond acceptors (Lipinski definition) is 1. The molecule has 1 atom stereocenters. The molecule has 14 heavy (non-hydrogen) atoms. The summed E-state index contributed by atoms with van der Waals surface area (Å²) in [5.41, 5.74) is 8.69. The van der Waals surface area contributed by atoms with Gasteiger partial charge in [0.1, 0.15) is 0 Å². The van der Waals surface area contributed by atoms with Crippen LogP contribution in [0.3, 0.4) is 0 Å². The van der Waals surface area contributed by atoms with Crippen LogP contribution in [0, 0.1) is 6.92 Å². The SMILES string of the molecule is CCCCC(N)c1ccccc1C.Cl. The molecule has 0 saturated carbocycles. The van der Waals surface area contributed by atoms with E-state index in [2.05, 4.69) is 38.1 Å². The van der Waals surface area contributed by atoms with E-state index >= 15 is 0 Å². The van der Waals surface area contributed by atoms with Gasteiger partial charge in [-0.3, -0.25) is 0 Å². The molecule has 0 heterocycles. The van der Waals surface area contributed by atoms with Gasteiger partial charge in [-0.05, 0) is 24.5 Å². The van der Waals surface area contributed by atoms with Gasteiger partial charge in [0.05, 0.1) is 0 Å². The van der Waals surface area contributed by atoms with Gasteiger partial charge < -0.3 is 5.73 Å². The highest BCUT2D eigenvalue weighted by molar-refractivity contribution is 5.85. The van der Waals surface area contributed by atoms with Crippen molar-refractivity contribution in [3.63, 3.8) is 0 Å². The molecule has 1 nitrogen and oxygen atoms in total. The number of nitrogens with two attached hydrogens (primary N) is 1. The molecule has 0 aromatic heterocycles. The van der Waals surface area contributed by atoms with E-state index in [0.717, 1.165) is 6.42 Å². The Balaban J connectivity index is 0.00000169. The van der Waals surface area contributed by atoms with Gasteiger partial charge >= 0.3 is 0 Å². The molecule has 0 aliphatic heterocycles. The van der Waals surface area contributed by atoms with Crippen LogP contribution in [0.2, 0.25) is 0 Å². The highest BCUT2D eigenvalue weighted by Gasteiger charge is 2.06. The smallest absolute Gasteiger partial charge is 0.0297 e.